The summed E-state index contributed by atoms with van der Waals surface area (Å²) < 4.78 is 54.7. The van der Waals surface area contributed by atoms with E-state index in [-0.39, 0.29) is 5.69 Å². The van der Waals surface area contributed by atoms with Crippen molar-refractivity contribution in [3.05, 3.63) is 30.1 Å². The van der Waals surface area contributed by atoms with E-state index in [1.54, 1.807) is 0 Å². The Morgan fingerprint density at radius 1 is 1.33 bits per heavy atom. The first-order valence-electron chi connectivity index (χ1n) is 4.98. The standard InChI is InChI=1S/C11H11F4NO2/c1-18-10(17)6-9(11(13,14)15)16-8-4-2-7(12)3-5-8/h2-5,9,16H,6H2,1H3. The number of rotatable bonds is 4. The number of carbonyl (C=O) groups excluding carboxylic acids is 1. The molecule has 0 fully saturated rings. The minimum absolute atomic E-state index is 0.0719. The predicted molar refractivity (Wildman–Crippen MR) is 56.5 cm³/mol. The molecular weight excluding hydrogens is 254 g/mol. The third-order valence-electron chi connectivity index (χ3n) is 2.18. The second-order valence-corrected chi connectivity index (χ2v) is 3.53. The van der Waals surface area contributed by atoms with Gasteiger partial charge in [0.1, 0.15) is 11.9 Å². The van der Waals surface area contributed by atoms with Gasteiger partial charge in [0.2, 0.25) is 0 Å². The average Bonchev–Trinajstić information content (AvgIpc) is 2.29. The van der Waals surface area contributed by atoms with Crippen LogP contribution in [0.5, 0.6) is 0 Å². The average molecular weight is 265 g/mol. The first-order chi connectivity index (χ1) is 8.32. The molecule has 0 aromatic heterocycles. The van der Waals surface area contributed by atoms with Crippen LogP contribution in [0.2, 0.25) is 0 Å². The number of esters is 1. The molecule has 100 valence electrons. The fourth-order valence-electron chi connectivity index (χ4n) is 1.25. The van der Waals surface area contributed by atoms with Gasteiger partial charge < -0.3 is 10.1 Å². The van der Waals surface area contributed by atoms with Crippen molar-refractivity contribution in [1.29, 1.82) is 0 Å². The molecule has 0 saturated heterocycles. The van der Waals surface area contributed by atoms with Crippen LogP contribution in [0.3, 0.4) is 0 Å². The smallest absolute Gasteiger partial charge is 0.409 e. The van der Waals surface area contributed by atoms with Crippen LogP contribution in [0.25, 0.3) is 0 Å². The number of alkyl halides is 3. The minimum Gasteiger partial charge on any atom is -0.469 e. The summed E-state index contributed by atoms with van der Waals surface area (Å²) in [5.74, 6) is -1.54. The Hall–Kier alpha value is -1.79. The number of carbonyl (C=O) groups is 1. The van der Waals surface area contributed by atoms with Gasteiger partial charge >= 0.3 is 12.1 Å². The molecule has 0 bridgehead atoms. The molecule has 0 amide bonds. The van der Waals surface area contributed by atoms with Crippen LogP contribution < -0.4 is 5.32 Å². The Balaban J connectivity index is 2.78. The third kappa shape index (κ3) is 4.23. The van der Waals surface area contributed by atoms with Crippen LogP contribution in [0, 0.1) is 5.82 Å². The fraction of sp³-hybridized carbons (Fsp3) is 0.364. The molecule has 0 saturated carbocycles. The molecule has 1 unspecified atom stereocenters. The molecule has 0 aliphatic heterocycles. The van der Waals surface area contributed by atoms with E-state index in [9.17, 15) is 22.4 Å². The van der Waals surface area contributed by atoms with Crippen LogP contribution >= 0.6 is 0 Å². The number of anilines is 1. The molecule has 7 heteroatoms. The van der Waals surface area contributed by atoms with Crippen LogP contribution in [-0.2, 0) is 9.53 Å². The van der Waals surface area contributed by atoms with Crippen molar-refractivity contribution >= 4 is 11.7 Å². The summed E-state index contributed by atoms with van der Waals surface area (Å²) in [5.41, 5.74) is 0.0719. The summed E-state index contributed by atoms with van der Waals surface area (Å²) in [5, 5.41) is 2.12. The zero-order chi connectivity index (χ0) is 13.8. The van der Waals surface area contributed by atoms with Crippen molar-refractivity contribution in [2.24, 2.45) is 0 Å². The van der Waals surface area contributed by atoms with E-state index in [0.717, 1.165) is 31.4 Å². The van der Waals surface area contributed by atoms with Crippen LogP contribution in [-0.4, -0.2) is 25.3 Å². The topological polar surface area (TPSA) is 38.3 Å². The SMILES string of the molecule is COC(=O)CC(Nc1ccc(F)cc1)C(F)(F)F. The molecule has 1 rings (SSSR count). The summed E-state index contributed by atoms with van der Waals surface area (Å²) in [6.07, 6.45) is -5.46. The fourth-order valence-corrected chi connectivity index (χ4v) is 1.25. The lowest BCUT2D eigenvalue weighted by atomic mass is 10.2. The van der Waals surface area contributed by atoms with Gasteiger partial charge in [0.25, 0.3) is 0 Å². The highest BCUT2D eigenvalue weighted by Gasteiger charge is 2.41. The van der Waals surface area contributed by atoms with Gasteiger partial charge in [0, 0.05) is 5.69 Å². The molecule has 0 spiro atoms. The molecule has 1 aromatic rings. The maximum absolute atomic E-state index is 12.6. The number of hydrogen-bond acceptors (Lipinski definition) is 3. The minimum atomic E-state index is -4.61. The van der Waals surface area contributed by atoms with Gasteiger partial charge in [0.05, 0.1) is 13.5 Å². The van der Waals surface area contributed by atoms with E-state index in [1.165, 1.54) is 0 Å². The van der Waals surface area contributed by atoms with Crippen LogP contribution in [0.1, 0.15) is 6.42 Å². The zero-order valence-electron chi connectivity index (χ0n) is 9.42. The lowest BCUT2D eigenvalue weighted by Gasteiger charge is -2.21. The molecule has 1 aromatic carbocycles. The highest BCUT2D eigenvalue weighted by atomic mass is 19.4. The number of methoxy groups -OCH3 is 1. The largest absolute Gasteiger partial charge is 0.469 e. The van der Waals surface area contributed by atoms with Crippen LogP contribution in [0.15, 0.2) is 24.3 Å². The summed E-state index contributed by atoms with van der Waals surface area (Å²) in [4.78, 5) is 10.9. The van der Waals surface area contributed by atoms with Gasteiger partial charge in [-0.1, -0.05) is 0 Å². The number of benzene rings is 1. The van der Waals surface area contributed by atoms with E-state index < -0.39 is 30.4 Å². The van der Waals surface area contributed by atoms with Gasteiger partial charge in [-0.25, -0.2) is 4.39 Å². The highest BCUT2D eigenvalue weighted by Crippen LogP contribution is 2.26. The van der Waals surface area contributed by atoms with E-state index in [0.29, 0.717) is 0 Å². The van der Waals surface area contributed by atoms with E-state index >= 15 is 0 Å². The Morgan fingerprint density at radius 2 is 1.89 bits per heavy atom. The molecule has 1 N–H and O–H groups in total. The lowest BCUT2D eigenvalue weighted by Crippen LogP contribution is -2.38. The lowest BCUT2D eigenvalue weighted by molar-refractivity contribution is -0.159. The second kappa shape index (κ2) is 5.70. The monoisotopic (exact) mass is 265 g/mol. The van der Waals surface area contributed by atoms with Gasteiger partial charge in [0.15, 0.2) is 0 Å². The Kier molecular flexibility index (Phi) is 4.52. The number of nitrogens with one attached hydrogen (secondary N) is 1. The molecule has 0 aliphatic carbocycles. The molecule has 0 aliphatic rings. The molecule has 1 atom stereocenters. The van der Waals surface area contributed by atoms with Crippen molar-refractivity contribution in [2.45, 2.75) is 18.6 Å². The molecular formula is C11H11F4NO2. The van der Waals surface area contributed by atoms with Crippen molar-refractivity contribution < 1.29 is 27.1 Å². The maximum atomic E-state index is 12.6. The van der Waals surface area contributed by atoms with Gasteiger partial charge in [-0.2, -0.15) is 13.2 Å². The Bertz CT molecular complexity index is 402. The quantitative estimate of drug-likeness (QED) is 0.672. The second-order valence-electron chi connectivity index (χ2n) is 3.53. The van der Waals surface area contributed by atoms with Crippen molar-refractivity contribution in [3.8, 4) is 0 Å². The molecule has 0 heterocycles. The van der Waals surface area contributed by atoms with E-state index in [2.05, 4.69) is 10.1 Å². The van der Waals surface area contributed by atoms with Crippen molar-refractivity contribution in [2.75, 3.05) is 12.4 Å². The van der Waals surface area contributed by atoms with E-state index in [4.69, 9.17) is 0 Å². The Morgan fingerprint density at radius 3 is 2.33 bits per heavy atom. The van der Waals surface area contributed by atoms with Gasteiger partial charge in [-0.15, -0.1) is 0 Å². The normalized spacial score (nSPS) is 12.9. The van der Waals surface area contributed by atoms with Crippen molar-refractivity contribution in [1.82, 2.24) is 0 Å². The van der Waals surface area contributed by atoms with Crippen LogP contribution in [0.4, 0.5) is 23.2 Å². The summed E-state index contributed by atoms with van der Waals surface area (Å²) in [6.45, 7) is 0. The maximum Gasteiger partial charge on any atom is 0.409 e. The predicted octanol–water partition coefficient (Wildman–Crippen LogP) is 2.73. The summed E-state index contributed by atoms with van der Waals surface area (Å²) >= 11 is 0. The zero-order valence-corrected chi connectivity index (χ0v) is 9.42. The first-order valence-corrected chi connectivity index (χ1v) is 4.98. The summed E-state index contributed by atoms with van der Waals surface area (Å²) in [6, 6.07) is 2.29. The van der Waals surface area contributed by atoms with Crippen molar-refractivity contribution in [3.63, 3.8) is 0 Å². The molecule has 3 nitrogen and oxygen atoms in total. The summed E-state index contributed by atoms with van der Waals surface area (Å²) in [7, 11) is 1.01. The number of hydrogen-bond donors (Lipinski definition) is 1. The number of halogens is 4. The van der Waals surface area contributed by atoms with E-state index in [1.807, 2.05) is 0 Å². The first kappa shape index (κ1) is 14.3. The van der Waals surface area contributed by atoms with Gasteiger partial charge in [-0.3, -0.25) is 4.79 Å². The van der Waals surface area contributed by atoms with Gasteiger partial charge in [-0.05, 0) is 24.3 Å². The third-order valence-corrected chi connectivity index (χ3v) is 2.18. The Labute approximate surface area is 101 Å². The number of ether oxygens (including phenoxy) is 1. The molecule has 18 heavy (non-hydrogen) atoms. The highest BCUT2D eigenvalue weighted by molar-refractivity contribution is 5.70. The molecule has 0 radical (unpaired) electrons.